The van der Waals surface area contributed by atoms with Gasteiger partial charge in [0.05, 0.1) is 19.3 Å². The van der Waals surface area contributed by atoms with Crippen LogP contribution in [0.4, 0.5) is 5.69 Å². The van der Waals surface area contributed by atoms with Crippen LogP contribution in [0.15, 0.2) is 36.7 Å². The molecule has 1 heterocycles. The summed E-state index contributed by atoms with van der Waals surface area (Å²) in [7, 11) is 1.52. The summed E-state index contributed by atoms with van der Waals surface area (Å²) in [4.78, 5) is 12.1. The van der Waals surface area contributed by atoms with Gasteiger partial charge in [-0.2, -0.15) is 5.10 Å². The zero-order valence-corrected chi connectivity index (χ0v) is 11.5. The first kappa shape index (κ1) is 13.9. The van der Waals surface area contributed by atoms with Crippen molar-refractivity contribution in [2.75, 3.05) is 12.8 Å². The Kier molecular flexibility index (Phi) is 4.24. The molecule has 106 valence electrons. The minimum atomic E-state index is -0.164. The number of carbonyl (C=O) groups is 1. The first-order valence-corrected chi connectivity index (χ1v) is 6.32. The van der Waals surface area contributed by atoms with Gasteiger partial charge in [-0.1, -0.05) is 0 Å². The predicted molar refractivity (Wildman–Crippen MR) is 76.6 cm³/mol. The monoisotopic (exact) mass is 274 g/mol. The molecular formula is C14H18N4O2. The standard InChI is InChI=1S/C14H18N4O2/c1-10(9-18-7-3-6-16-18)17-14(19)11-4-5-12(15)13(8-11)20-2/h3-8,10H,9,15H2,1-2H3,(H,17,19). The number of aromatic nitrogens is 2. The minimum Gasteiger partial charge on any atom is -0.495 e. The van der Waals surface area contributed by atoms with Gasteiger partial charge < -0.3 is 15.8 Å². The number of carbonyl (C=O) groups excluding carboxylic acids is 1. The number of nitrogens with one attached hydrogen (secondary N) is 1. The lowest BCUT2D eigenvalue weighted by atomic mass is 10.1. The Morgan fingerprint density at radius 1 is 1.55 bits per heavy atom. The highest BCUT2D eigenvalue weighted by Crippen LogP contribution is 2.22. The third kappa shape index (κ3) is 3.28. The van der Waals surface area contributed by atoms with Crippen molar-refractivity contribution in [3.63, 3.8) is 0 Å². The van der Waals surface area contributed by atoms with E-state index in [9.17, 15) is 4.79 Å². The summed E-state index contributed by atoms with van der Waals surface area (Å²) in [6, 6.07) is 6.77. The van der Waals surface area contributed by atoms with Gasteiger partial charge in [0.25, 0.3) is 5.91 Å². The Bertz CT molecular complexity index is 581. The number of methoxy groups -OCH3 is 1. The van der Waals surface area contributed by atoms with Gasteiger partial charge in [-0.3, -0.25) is 9.48 Å². The number of amides is 1. The maximum absolute atomic E-state index is 12.1. The smallest absolute Gasteiger partial charge is 0.251 e. The van der Waals surface area contributed by atoms with Crippen LogP contribution in [0.2, 0.25) is 0 Å². The summed E-state index contributed by atoms with van der Waals surface area (Å²) in [6.07, 6.45) is 3.56. The van der Waals surface area contributed by atoms with Crippen molar-refractivity contribution in [1.82, 2.24) is 15.1 Å². The lowest BCUT2D eigenvalue weighted by molar-refractivity contribution is 0.0935. The number of benzene rings is 1. The molecule has 0 aliphatic heterocycles. The van der Waals surface area contributed by atoms with Crippen molar-refractivity contribution < 1.29 is 9.53 Å². The fourth-order valence-electron chi connectivity index (χ4n) is 1.89. The molecule has 0 fully saturated rings. The van der Waals surface area contributed by atoms with Crippen molar-refractivity contribution >= 4 is 11.6 Å². The van der Waals surface area contributed by atoms with E-state index in [4.69, 9.17) is 10.5 Å². The molecule has 0 saturated carbocycles. The number of hydrogen-bond acceptors (Lipinski definition) is 4. The summed E-state index contributed by atoms with van der Waals surface area (Å²) in [5.41, 5.74) is 6.75. The van der Waals surface area contributed by atoms with Gasteiger partial charge >= 0.3 is 0 Å². The Balaban J connectivity index is 2.00. The van der Waals surface area contributed by atoms with Gasteiger partial charge in [0.15, 0.2) is 0 Å². The van der Waals surface area contributed by atoms with Gasteiger partial charge in [-0.15, -0.1) is 0 Å². The van der Waals surface area contributed by atoms with Gasteiger partial charge in [0.1, 0.15) is 5.75 Å². The van der Waals surface area contributed by atoms with Crippen LogP contribution in [0.5, 0.6) is 5.75 Å². The van der Waals surface area contributed by atoms with Crippen molar-refractivity contribution in [2.24, 2.45) is 0 Å². The average molecular weight is 274 g/mol. The van der Waals surface area contributed by atoms with Crippen LogP contribution in [-0.2, 0) is 6.54 Å². The maximum atomic E-state index is 12.1. The lowest BCUT2D eigenvalue weighted by Crippen LogP contribution is -2.35. The van der Waals surface area contributed by atoms with Crippen LogP contribution < -0.4 is 15.8 Å². The van der Waals surface area contributed by atoms with E-state index >= 15 is 0 Å². The number of hydrogen-bond donors (Lipinski definition) is 2. The van der Waals surface area contributed by atoms with E-state index in [2.05, 4.69) is 10.4 Å². The summed E-state index contributed by atoms with van der Waals surface area (Å²) in [5, 5.41) is 7.01. The highest BCUT2D eigenvalue weighted by atomic mass is 16.5. The molecule has 1 amide bonds. The van der Waals surface area contributed by atoms with E-state index in [0.717, 1.165) is 0 Å². The van der Waals surface area contributed by atoms with Crippen LogP contribution >= 0.6 is 0 Å². The molecule has 2 aromatic rings. The third-order valence-corrected chi connectivity index (χ3v) is 2.89. The number of nitrogens with zero attached hydrogens (tertiary/aromatic N) is 2. The Labute approximate surface area is 117 Å². The average Bonchev–Trinajstić information content (AvgIpc) is 2.91. The SMILES string of the molecule is COc1cc(C(=O)NC(C)Cn2cccn2)ccc1N. The molecule has 1 atom stereocenters. The Morgan fingerprint density at radius 3 is 3.00 bits per heavy atom. The van der Waals surface area contributed by atoms with Crippen molar-refractivity contribution in [2.45, 2.75) is 19.5 Å². The van der Waals surface area contributed by atoms with E-state index in [1.54, 1.807) is 29.1 Å². The molecule has 1 aromatic heterocycles. The fourth-order valence-corrected chi connectivity index (χ4v) is 1.89. The van der Waals surface area contributed by atoms with Crippen LogP contribution in [0, 0.1) is 0 Å². The van der Waals surface area contributed by atoms with Crippen LogP contribution in [0.25, 0.3) is 0 Å². The van der Waals surface area contributed by atoms with Crippen molar-refractivity contribution in [1.29, 1.82) is 0 Å². The predicted octanol–water partition coefficient (Wildman–Crippen LogP) is 1.29. The molecule has 1 aromatic carbocycles. The van der Waals surface area contributed by atoms with Gasteiger partial charge in [-0.25, -0.2) is 0 Å². The molecule has 0 bridgehead atoms. The van der Waals surface area contributed by atoms with E-state index in [-0.39, 0.29) is 11.9 Å². The first-order valence-electron chi connectivity index (χ1n) is 6.32. The normalized spacial score (nSPS) is 11.9. The van der Waals surface area contributed by atoms with E-state index in [1.165, 1.54) is 7.11 Å². The zero-order valence-electron chi connectivity index (χ0n) is 11.5. The number of rotatable bonds is 5. The second kappa shape index (κ2) is 6.10. The zero-order chi connectivity index (χ0) is 14.5. The molecule has 0 saturated heterocycles. The second-order valence-corrected chi connectivity index (χ2v) is 4.56. The van der Waals surface area contributed by atoms with Crippen LogP contribution in [-0.4, -0.2) is 28.8 Å². The molecule has 0 radical (unpaired) electrons. The molecule has 6 heteroatoms. The summed E-state index contributed by atoms with van der Waals surface area (Å²) < 4.78 is 6.88. The Hall–Kier alpha value is -2.50. The molecule has 6 nitrogen and oxygen atoms in total. The quantitative estimate of drug-likeness (QED) is 0.805. The number of ether oxygens (including phenoxy) is 1. The molecule has 2 rings (SSSR count). The largest absolute Gasteiger partial charge is 0.495 e. The number of nitrogen functional groups attached to an aromatic ring is 1. The molecule has 20 heavy (non-hydrogen) atoms. The number of anilines is 1. The molecular weight excluding hydrogens is 256 g/mol. The molecule has 3 N–H and O–H groups in total. The van der Waals surface area contributed by atoms with Gasteiger partial charge in [0.2, 0.25) is 0 Å². The molecule has 1 unspecified atom stereocenters. The lowest BCUT2D eigenvalue weighted by Gasteiger charge is -2.14. The third-order valence-electron chi connectivity index (χ3n) is 2.89. The summed E-state index contributed by atoms with van der Waals surface area (Å²) in [6.45, 7) is 2.54. The molecule has 0 aliphatic carbocycles. The van der Waals surface area contributed by atoms with E-state index < -0.39 is 0 Å². The summed E-state index contributed by atoms with van der Waals surface area (Å²) >= 11 is 0. The minimum absolute atomic E-state index is 0.0362. The summed E-state index contributed by atoms with van der Waals surface area (Å²) in [5.74, 6) is 0.334. The molecule has 0 aliphatic rings. The highest BCUT2D eigenvalue weighted by molar-refractivity contribution is 5.95. The topological polar surface area (TPSA) is 82.2 Å². The van der Waals surface area contributed by atoms with E-state index in [0.29, 0.717) is 23.5 Å². The van der Waals surface area contributed by atoms with Crippen molar-refractivity contribution in [3.8, 4) is 5.75 Å². The van der Waals surface area contributed by atoms with Crippen LogP contribution in [0.3, 0.4) is 0 Å². The van der Waals surface area contributed by atoms with Crippen molar-refractivity contribution in [3.05, 3.63) is 42.2 Å². The number of nitrogens with two attached hydrogens (primary N) is 1. The molecule has 0 spiro atoms. The second-order valence-electron chi connectivity index (χ2n) is 4.56. The Morgan fingerprint density at radius 2 is 2.35 bits per heavy atom. The first-order chi connectivity index (χ1) is 9.60. The fraction of sp³-hybridized carbons (Fsp3) is 0.286. The highest BCUT2D eigenvalue weighted by Gasteiger charge is 2.12. The maximum Gasteiger partial charge on any atom is 0.251 e. The van der Waals surface area contributed by atoms with E-state index in [1.807, 2.05) is 19.2 Å². The van der Waals surface area contributed by atoms with Crippen LogP contribution in [0.1, 0.15) is 17.3 Å². The van der Waals surface area contributed by atoms with Gasteiger partial charge in [-0.05, 0) is 31.2 Å². The van der Waals surface area contributed by atoms with Gasteiger partial charge in [0, 0.05) is 24.0 Å².